The SMILES string of the molecule is CC[C@@H](C)NC(=O)[C@H](Cc1ccccc1)N(Cc1ccccc1Cl)C(=O)CSCc1ccc(OC)cc1. The van der Waals surface area contributed by atoms with E-state index in [1.54, 1.807) is 12.0 Å². The molecule has 5 nitrogen and oxygen atoms in total. The quantitative estimate of drug-likeness (QED) is 0.284. The summed E-state index contributed by atoms with van der Waals surface area (Å²) < 4.78 is 5.23. The molecule has 2 atom stereocenters. The largest absolute Gasteiger partial charge is 0.497 e. The fourth-order valence-electron chi connectivity index (χ4n) is 3.87. The average Bonchev–Trinajstić information content (AvgIpc) is 2.92. The molecule has 0 radical (unpaired) electrons. The molecule has 196 valence electrons. The summed E-state index contributed by atoms with van der Waals surface area (Å²) >= 11 is 8.01. The smallest absolute Gasteiger partial charge is 0.243 e. The number of methoxy groups -OCH3 is 1. The van der Waals surface area contributed by atoms with E-state index >= 15 is 0 Å². The average molecular weight is 539 g/mol. The van der Waals surface area contributed by atoms with Crippen molar-refractivity contribution in [3.63, 3.8) is 0 Å². The van der Waals surface area contributed by atoms with Crippen LogP contribution >= 0.6 is 23.4 Å². The lowest BCUT2D eigenvalue weighted by molar-refractivity contribution is -0.139. The molecule has 0 aliphatic rings. The predicted octanol–water partition coefficient (Wildman–Crippen LogP) is 6.14. The van der Waals surface area contributed by atoms with Crippen LogP contribution in [0.5, 0.6) is 5.75 Å². The lowest BCUT2D eigenvalue weighted by Crippen LogP contribution is -2.52. The Bertz CT molecular complexity index is 1140. The van der Waals surface area contributed by atoms with Crippen molar-refractivity contribution < 1.29 is 14.3 Å². The van der Waals surface area contributed by atoms with Crippen LogP contribution in [-0.4, -0.2) is 41.7 Å². The lowest BCUT2D eigenvalue weighted by Gasteiger charge is -2.32. The Morgan fingerprint density at radius 3 is 2.30 bits per heavy atom. The summed E-state index contributed by atoms with van der Waals surface area (Å²) in [7, 11) is 1.64. The minimum atomic E-state index is -0.665. The van der Waals surface area contributed by atoms with Gasteiger partial charge in [-0.15, -0.1) is 11.8 Å². The number of thioether (sulfide) groups is 1. The maximum Gasteiger partial charge on any atom is 0.243 e. The van der Waals surface area contributed by atoms with Gasteiger partial charge in [-0.2, -0.15) is 0 Å². The van der Waals surface area contributed by atoms with Crippen LogP contribution in [0.2, 0.25) is 5.02 Å². The minimum Gasteiger partial charge on any atom is -0.497 e. The van der Waals surface area contributed by atoms with E-state index in [2.05, 4.69) is 5.32 Å². The first-order valence-electron chi connectivity index (χ1n) is 12.5. The van der Waals surface area contributed by atoms with Crippen molar-refractivity contribution in [2.24, 2.45) is 0 Å². The molecule has 2 amide bonds. The standard InChI is InChI=1S/C30H35ClN2O3S/c1-4-22(2)32-30(35)28(18-23-10-6-5-7-11-23)33(19-25-12-8-9-13-27(25)31)29(34)21-37-20-24-14-16-26(36-3)17-15-24/h5-17,22,28H,4,18-21H2,1-3H3,(H,32,35)/t22-,28+/m1/s1. The first kappa shape index (κ1) is 28.6. The minimum absolute atomic E-state index is 0.00693. The maximum absolute atomic E-state index is 13.7. The number of hydrogen-bond acceptors (Lipinski definition) is 4. The predicted molar refractivity (Wildman–Crippen MR) is 153 cm³/mol. The monoisotopic (exact) mass is 538 g/mol. The van der Waals surface area contributed by atoms with Gasteiger partial charge in [0.05, 0.1) is 12.9 Å². The molecule has 0 heterocycles. The van der Waals surface area contributed by atoms with Crippen molar-refractivity contribution in [3.8, 4) is 5.75 Å². The number of ether oxygens (including phenoxy) is 1. The second-order valence-corrected chi connectivity index (χ2v) is 10.4. The summed E-state index contributed by atoms with van der Waals surface area (Å²) in [6.07, 6.45) is 1.22. The maximum atomic E-state index is 13.7. The van der Waals surface area contributed by atoms with Crippen LogP contribution in [0.25, 0.3) is 0 Å². The molecule has 0 fully saturated rings. The van der Waals surface area contributed by atoms with Gasteiger partial charge in [-0.25, -0.2) is 0 Å². The van der Waals surface area contributed by atoms with E-state index < -0.39 is 6.04 Å². The Morgan fingerprint density at radius 2 is 1.65 bits per heavy atom. The number of hydrogen-bond donors (Lipinski definition) is 1. The zero-order valence-electron chi connectivity index (χ0n) is 21.7. The number of nitrogens with one attached hydrogen (secondary N) is 1. The molecule has 0 bridgehead atoms. The van der Waals surface area contributed by atoms with Crippen molar-refractivity contribution in [1.82, 2.24) is 10.2 Å². The van der Waals surface area contributed by atoms with Crippen molar-refractivity contribution in [2.75, 3.05) is 12.9 Å². The molecule has 0 saturated carbocycles. The fourth-order valence-corrected chi connectivity index (χ4v) is 4.93. The summed E-state index contributed by atoms with van der Waals surface area (Å²) in [5.41, 5.74) is 2.91. The van der Waals surface area contributed by atoms with Crippen LogP contribution in [0, 0.1) is 0 Å². The van der Waals surface area contributed by atoms with Gasteiger partial charge in [0.25, 0.3) is 0 Å². The van der Waals surface area contributed by atoms with Crippen LogP contribution in [0.3, 0.4) is 0 Å². The number of amides is 2. The van der Waals surface area contributed by atoms with Crippen LogP contribution < -0.4 is 10.1 Å². The van der Waals surface area contributed by atoms with Gasteiger partial charge in [-0.05, 0) is 48.2 Å². The number of carbonyl (C=O) groups excluding carboxylic acids is 2. The number of nitrogens with zero attached hydrogens (tertiary/aromatic N) is 1. The molecule has 0 saturated heterocycles. The van der Waals surface area contributed by atoms with Crippen LogP contribution in [0.4, 0.5) is 0 Å². The van der Waals surface area contributed by atoms with Gasteiger partial charge in [-0.3, -0.25) is 9.59 Å². The van der Waals surface area contributed by atoms with Crippen LogP contribution in [-0.2, 0) is 28.3 Å². The summed E-state index contributed by atoms with van der Waals surface area (Å²) in [6.45, 7) is 4.26. The molecule has 0 unspecified atom stereocenters. The zero-order chi connectivity index (χ0) is 26.6. The third kappa shape index (κ3) is 8.83. The van der Waals surface area contributed by atoms with Gasteiger partial charge in [-0.1, -0.05) is 79.2 Å². The molecule has 7 heteroatoms. The van der Waals surface area contributed by atoms with E-state index in [1.807, 2.05) is 92.7 Å². The molecule has 37 heavy (non-hydrogen) atoms. The van der Waals surface area contributed by atoms with Gasteiger partial charge in [0.2, 0.25) is 11.8 Å². The van der Waals surface area contributed by atoms with Crippen LogP contribution in [0.15, 0.2) is 78.9 Å². The van der Waals surface area contributed by atoms with E-state index in [9.17, 15) is 9.59 Å². The molecular weight excluding hydrogens is 504 g/mol. The van der Waals surface area contributed by atoms with Gasteiger partial charge in [0, 0.05) is 29.8 Å². The zero-order valence-corrected chi connectivity index (χ0v) is 23.2. The highest BCUT2D eigenvalue weighted by molar-refractivity contribution is 7.99. The van der Waals surface area contributed by atoms with Crippen molar-refractivity contribution >= 4 is 35.2 Å². The summed E-state index contributed by atoms with van der Waals surface area (Å²) in [5, 5.41) is 3.67. The summed E-state index contributed by atoms with van der Waals surface area (Å²) in [5.74, 6) is 1.47. The van der Waals surface area contributed by atoms with E-state index in [0.717, 1.165) is 28.9 Å². The number of rotatable bonds is 13. The third-order valence-corrected chi connectivity index (χ3v) is 7.58. The first-order chi connectivity index (χ1) is 17.9. The fraction of sp³-hybridized carbons (Fsp3) is 0.333. The van der Waals surface area contributed by atoms with E-state index in [-0.39, 0.29) is 30.2 Å². The Hall–Kier alpha value is -2.96. The normalized spacial score (nSPS) is 12.4. The number of carbonyl (C=O) groups is 2. The van der Waals surface area contributed by atoms with Crippen LogP contribution in [0.1, 0.15) is 37.0 Å². The second-order valence-electron chi connectivity index (χ2n) is 8.98. The Kier molecular flexibility index (Phi) is 11.4. The summed E-state index contributed by atoms with van der Waals surface area (Å²) in [6, 6.07) is 24.4. The first-order valence-corrected chi connectivity index (χ1v) is 14.0. The Balaban J connectivity index is 1.84. The molecule has 0 aromatic heterocycles. The molecule has 0 aliphatic heterocycles. The highest BCUT2D eigenvalue weighted by Crippen LogP contribution is 2.23. The van der Waals surface area contributed by atoms with Gasteiger partial charge in [0.1, 0.15) is 11.8 Å². The van der Waals surface area contributed by atoms with Crippen molar-refractivity contribution in [3.05, 3.63) is 101 Å². The van der Waals surface area contributed by atoms with E-state index in [4.69, 9.17) is 16.3 Å². The molecule has 1 N–H and O–H groups in total. The molecule has 0 spiro atoms. The Morgan fingerprint density at radius 1 is 0.973 bits per heavy atom. The van der Waals surface area contributed by atoms with Gasteiger partial charge >= 0.3 is 0 Å². The second kappa shape index (κ2) is 14.7. The van der Waals surface area contributed by atoms with E-state index in [1.165, 1.54) is 11.8 Å². The van der Waals surface area contributed by atoms with Crippen molar-refractivity contribution in [2.45, 2.75) is 51.1 Å². The number of benzene rings is 3. The molecular formula is C30H35ClN2O3S. The Labute approximate surface area is 229 Å². The molecule has 3 rings (SSSR count). The third-order valence-electron chi connectivity index (χ3n) is 6.22. The van der Waals surface area contributed by atoms with Crippen molar-refractivity contribution in [1.29, 1.82) is 0 Å². The molecule has 3 aromatic rings. The summed E-state index contributed by atoms with van der Waals surface area (Å²) in [4.78, 5) is 28.9. The lowest BCUT2D eigenvalue weighted by atomic mass is 10.0. The van der Waals surface area contributed by atoms with Gasteiger partial charge in [0.15, 0.2) is 0 Å². The van der Waals surface area contributed by atoms with E-state index in [0.29, 0.717) is 17.2 Å². The number of halogens is 1. The topological polar surface area (TPSA) is 58.6 Å². The highest BCUT2D eigenvalue weighted by atomic mass is 35.5. The highest BCUT2D eigenvalue weighted by Gasteiger charge is 2.31. The van der Waals surface area contributed by atoms with Gasteiger partial charge < -0.3 is 15.0 Å². The molecule has 3 aromatic carbocycles. The molecule has 0 aliphatic carbocycles.